The van der Waals surface area contributed by atoms with Gasteiger partial charge >= 0.3 is 0 Å². The third-order valence-corrected chi connectivity index (χ3v) is 2.97. The highest BCUT2D eigenvalue weighted by Gasteiger charge is 2.12. The van der Waals surface area contributed by atoms with Crippen molar-refractivity contribution in [2.75, 3.05) is 5.32 Å². The SMILES string of the molecule is N#Cc1ccc(Br)cc1NC(=O)c1cc(F)cc(F)c1. The Morgan fingerprint density at radius 1 is 1.15 bits per heavy atom. The van der Waals surface area contributed by atoms with Crippen LogP contribution < -0.4 is 5.32 Å². The Hall–Kier alpha value is -2.26. The van der Waals surface area contributed by atoms with Crippen LogP contribution in [0.25, 0.3) is 0 Å². The molecule has 2 aromatic rings. The van der Waals surface area contributed by atoms with Gasteiger partial charge in [-0.2, -0.15) is 5.26 Å². The third-order valence-electron chi connectivity index (χ3n) is 2.48. The Labute approximate surface area is 122 Å². The number of benzene rings is 2. The van der Waals surface area contributed by atoms with Gasteiger partial charge in [-0.25, -0.2) is 8.78 Å². The molecule has 0 saturated carbocycles. The molecule has 2 aromatic carbocycles. The van der Waals surface area contributed by atoms with Gasteiger partial charge in [-0.3, -0.25) is 4.79 Å². The van der Waals surface area contributed by atoms with E-state index in [0.29, 0.717) is 10.5 Å². The van der Waals surface area contributed by atoms with Gasteiger partial charge in [0.2, 0.25) is 0 Å². The van der Waals surface area contributed by atoms with E-state index >= 15 is 0 Å². The largest absolute Gasteiger partial charge is 0.321 e. The highest BCUT2D eigenvalue weighted by Crippen LogP contribution is 2.21. The number of rotatable bonds is 2. The molecule has 0 saturated heterocycles. The monoisotopic (exact) mass is 336 g/mol. The summed E-state index contributed by atoms with van der Waals surface area (Å²) in [7, 11) is 0. The lowest BCUT2D eigenvalue weighted by Gasteiger charge is -2.08. The summed E-state index contributed by atoms with van der Waals surface area (Å²) in [6, 6.07) is 9.14. The molecular formula is C14H7BrF2N2O. The molecule has 0 radical (unpaired) electrons. The van der Waals surface area contributed by atoms with E-state index in [0.717, 1.165) is 12.1 Å². The lowest BCUT2D eigenvalue weighted by molar-refractivity contribution is 0.102. The van der Waals surface area contributed by atoms with Crippen LogP contribution in [0.2, 0.25) is 0 Å². The molecule has 0 fully saturated rings. The average Bonchev–Trinajstić information content (AvgIpc) is 2.37. The van der Waals surface area contributed by atoms with Crippen LogP contribution in [0.1, 0.15) is 15.9 Å². The van der Waals surface area contributed by atoms with Gasteiger partial charge in [-0.15, -0.1) is 0 Å². The summed E-state index contributed by atoms with van der Waals surface area (Å²) in [5.41, 5.74) is 0.348. The number of hydrogen-bond acceptors (Lipinski definition) is 2. The zero-order valence-electron chi connectivity index (χ0n) is 9.95. The minimum absolute atomic E-state index is 0.161. The van der Waals surface area contributed by atoms with Crippen molar-refractivity contribution in [1.29, 1.82) is 5.26 Å². The summed E-state index contributed by atoms with van der Waals surface area (Å²) in [5.74, 6) is -2.38. The molecule has 1 amide bonds. The molecule has 100 valence electrons. The van der Waals surface area contributed by atoms with Crippen molar-refractivity contribution in [2.24, 2.45) is 0 Å². The van der Waals surface area contributed by atoms with E-state index in [2.05, 4.69) is 21.2 Å². The molecule has 0 aromatic heterocycles. The lowest BCUT2D eigenvalue weighted by Crippen LogP contribution is -2.13. The maximum absolute atomic E-state index is 13.1. The van der Waals surface area contributed by atoms with Gasteiger partial charge in [-0.05, 0) is 30.3 Å². The number of carbonyl (C=O) groups excluding carboxylic acids is 1. The maximum Gasteiger partial charge on any atom is 0.255 e. The standard InChI is InChI=1S/C14H7BrF2N2O/c15-10-2-1-8(7-18)13(5-10)19-14(20)9-3-11(16)6-12(17)4-9/h1-6H,(H,19,20). The summed E-state index contributed by atoms with van der Waals surface area (Å²) in [6.45, 7) is 0. The predicted octanol–water partition coefficient (Wildman–Crippen LogP) is 3.85. The van der Waals surface area contributed by atoms with E-state index in [1.807, 2.05) is 6.07 Å². The highest BCUT2D eigenvalue weighted by atomic mass is 79.9. The van der Waals surface area contributed by atoms with Gasteiger partial charge in [-0.1, -0.05) is 15.9 Å². The van der Waals surface area contributed by atoms with Crippen molar-refractivity contribution < 1.29 is 13.6 Å². The van der Waals surface area contributed by atoms with Crippen molar-refractivity contribution in [3.8, 4) is 6.07 Å². The molecule has 0 heterocycles. The maximum atomic E-state index is 13.1. The number of anilines is 1. The molecule has 20 heavy (non-hydrogen) atoms. The lowest BCUT2D eigenvalue weighted by atomic mass is 10.1. The number of halogens is 3. The second kappa shape index (κ2) is 5.80. The molecule has 0 unspecified atom stereocenters. The van der Waals surface area contributed by atoms with Crippen molar-refractivity contribution in [3.63, 3.8) is 0 Å². The van der Waals surface area contributed by atoms with Gasteiger partial charge in [0, 0.05) is 16.1 Å². The summed E-state index contributed by atoms with van der Waals surface area (Å²) in [4.78, 5) is 11.9. The molecule has 0 bridgehead atoms. The van der Waals surface area contributed by atoms with Crippen LogP contribution in [0.5, 0.6) is 0 Å². The van der Waals surface area contributed by atoms with Crippen molar-refractivity contribution in [1.82, 2.24) is 0 Å². The minimum Gasteiger partial charge on any atom is -0.321 e. The molecule has 3 nitrogen and oxygen atoms in total. The van der Waals surface area contributed by atoms with Crippen LogP contribution in [-0.2, 0) is 0 Å². The van der Waals surface area contributed by atoms with Gasteiger partial charge in [0.05, 0.1) is 11.3 Å². The normalized spacial score (nSPS) is 9.90. The summed E-state index contributed by atoms with van der Waals surface area (Å²) < 4.78 is 26.8. The first-order chi connectivity index (χ1) is 9.49. The number of nitrogens with one attached hydrogen (secondary N) is 1. The fraction of sp³-hybridized carbons (Fsp3) is 0. The predicted molar refractivity (Wildman–Crippen MR) is 73.2 cm³/mol. The van der Waals surface area contributed by atoms with Gasteiger partial charge in [0.15, 0.2) is 0 Å². The van der Waals surface area contributed by atoms with Crippen LogP contribution in [0.3, 0.4) is 0 Å². The van der Waals surface area contributed by atoms with Crippen LogP contribution in [-0.4, -0.2) is 5.91 Å². The average molecular weight is 337 g/mol. The van der Waals surface area contributed by atoms with Crippen molar-refractivity contribution in [2.45, 2.75) is 0 Å². The van der Waals surface area contributed by atoms with E-state index in [1.54, 1.807) is 6.07 Å². The number of nitrogens with zero attached hydrogens (tertiary/aromatic N) is 1. The fourth-order valence-electron chi connectivity index (χ4n) is 1.60. The third kappa shape index (κ3) is 3.19. The molecule has 2 rings (SSSR count). The topological polar surface area (TPSA) is 52.9 Å². The van der Waals surface area contributed by atoms with Crippen molar-refractivity contribution in [3.05, 3.63) is 63.6 Å². The van der Waals surface area contributed by atoms with Crippen LogP contribution in [0.15, 0.2) is 40.9 Å². The Bertz CT molecular complexity index is 705. The molecule has 0 aliphatic rings. The fourth-order valence-corrected chi connectivity index (χ4v) is 1.96. The first-order valence-corrected chi connectivity index (χ1v) is 6.26. The first-order valence-electron chi connectivity index (χ1n) is 5.46. The molecule has 0 aliphatic carbocycles. The number of carbonyl (C=O) groups is 1. The van der Waals surface area contributed by atoms with Crippen molar-refractivity contribution >= 4 is 27.5 Å². The summed E-state index contributed by atoms with van der Waals surface area (Å²) in [5, 5.41) is 11.4. The second-order valence-electron chi connectivity index (χ2n) is 3.91. The Kier molecular flexibility index (Phi) is 4.11. The molecule has 0 atom stereocenters. The van der Waals surface area contributed by atoms with Gasteiger partial charge < -0.3 is 5.32 Å². The van der Waals surface area contributed by atoms with E-state index in [-0.39, 0.29) is 16.8 Å². The van der Waals surface area contributed by atoms with Crippen LogP contribution in [0.4, 0.5) is 14.5 Å². The first kappa shape index (κ1) is 14.2. The Morgan fingerprint density at radius 3 is 2.40 bits per heavy atom. The van der Waals surface area contributed by atoms with Gasteiger partial charge in [0.25, 0.3) is 5.91 Å². The number of amides is 1. The summed E-state index contributed by atoms with van der Waals surface area (Å²) >= 11 is 3.21. The van der Waals surface area contributed by atoms with E-state index in [1.165, 1.54) is 12.1 Å². The second-order valence-corrected chi connectivity index (χ2v) is 4.83. The molecular weight excluding hydrogens is 330 g/mol. The zero-order chi connectivity index (χ0) is 14.7. The Morgan fingerprint density at radius 2 is 1.80 bits per heavy atom. The molecule has 1 N–H and O–H groups in total. The highest BCUT2D eigenvalue weighted by molar-refractivity contribution is 9.10. The van der Waals surface area contributed by atoms with Crippen LogP contribution >= 0.6 is 15.9 Å². The number of nitriles is 1. The quantitative estimate of drug-likeness (QED) is 0.905. The molecule has 0 aliphatic heterocycles. The Balaban J connectivity index is 2.32. The van der Waals surface area contributed by atoms with Crippen LogP contribution in [0, 0.1) is 23.0 Å². The van der Waals surface area contributed by atoms with E-state index in [4.69, 9.17) is 5.26 Å². The van der Waals surface area contributed by atoms with E-state index in [9.17, 15) is 13.6 Å². The van der Waals surface area contributed by atoms with Gasteiger partial charge in [0.1, 0.15) is 17.7 Å². The summed E-state index contributed by atoms with van der Waals surface area (Å²) in [6.07, 6.45) is 0. The minimum atomic E-state index is -0.843. The molecule has 6 heteroatoms. The zero-order valence-corrected chi connectivity index (χ0v) is 11.5. The number of hydrogen-bond donors (Lipinski definition) is 1. The smallest absolute Gasteiger partial charge is 0.255 e. The molecule has 0 spiro atoms. The van der Waals surface area contributed by atoms with E-state index < -0.39 is 17.5 Å².